The number of benzene rings is 2. The van der Waals surface area contributed by atoms with Crippen molar-refractivity contribution in [2.75, 3.05) is 0 Å². The number of imidazole rings is 1. The fourth-order valence-electron chi connectivity index (χ4n) is 3.38. The maximum absolute atomic E-state index is 12.6. The molecule has 0 saturated heterocycles. The summed E-state index contributed by atoms with van der Waals surface area (Å²) in [6.45, 7) is 0. The van der Waals surface area contributed by atoms with Crippen LogP contribution in [0.5, 0.6) is 5.88 Å². The van der Waals surface area contributed by atoms with Crippen molar-refractivity contribution in [1.82, 2.24) is 9.55 Å². The fourth-order valence-corrected chi connectivity index (χ4v) is 4.20. The molecule has 1 amide bonds. The lowest BCUT2D eigenvalue weighted by atomic mass is 10.1. The lowest BCUT2D eigenvalue weighted by Gasteiger charge is -2.15. The third-order valence-electron chi connectivity index (χ3n) is 4.76. The molecular formula is C20H13BrClN3O4S. The van der Waals surface area contributed by atoms with Gasteiger partial charge in [-0.3, -0.25) is 9.36 Å². The normalized spacial score (nSPS) is 13.8. The van der Waals surface area contributed by atoms with Gasteiger partial charge in [-0.25, -0.2) is 9.79 Å². The maximum atomic E-state index is 12.6. The first-order valence-electron chi connectivity index (χ1n) is 8.71. The summed E-state index contributed by atoms with van der Waals surface area (Å²) < 4.78 is 1.63. The molecule has 0 fully saturated rings. The number of rotatable bonds is 5. The van der Waals surface area contributed by atoms with Gasteiger partial charge in [0.05, 0.1) is 16.0 Å². The van der Waals surface area contributed by atoms with Crippen LogP contribution in [0.1, 0.15) is 17.3 Å². The van der Waals surface area contributed by atoms with Gasteiger partial charge in [0.15, 0.2) is 4.77 Å². The van der Waals surface area contributed by atoms with Crippen molar-refractivity contribution in [2.45, 2.75) is 12.5 Å². The summed E-state index contributed by atoms with van der Waals surface area (Å²) >= 11 is 14.7. The molecule has 7 nitrogen and oxygen atoms in total. The maximum Gasteiger partial charge on any atom is 0.327 e. The molecule has 152 valence electrons. The number of fused-ring (bicyclic) bond motifs is 1. The van der Waals surface area contributed by atoms with Crippen molar-refractivity contribution in [2.24, 2.45) is 4.99 Å². The van der Waals surface area contributed by atoms with Crippen molar-refractivity contribution in [3.05, 3.63) is 78.6 Å². The van der Waals surface area contributed by atoms with Crippen LogP contribution < -0.4 is 10.6 Å². The number of carboxylic acid groups (broad SMARTS) is 1. The minimum atomic E-state index is -1.17. The standard InChI is InChI=1S/C20H13BrClN3O4S/c21-11-7-10-13(8-12(11)22)23-17(26)15(10)16-18(27)25(20(30)24-16)14(19(28)29)6-9-4-2-1-3-5-9/h1-5,7-8,14,27H,6H2,(H,24,30)(H,28,29). The lowest BCUT2D eigenvalue weighted by molar-refractivity contribution is -0.141. The molecule has 1 aliphatic heterocycles. The Morgan fingerprint density at radius 3 is 2.67 bits per heavy atom. The molecule has 1 aromatic heterocycles. The number of halogens is 2. The molecular weight excluding hydrogens is 494 g/mol. The summed E-state index contributed by atoms with van der Waals surface area (Å²) in [4.78, 5) is 31.3. The van der Waals surface area contributed by atoms with Crippen LogP contribution in [-0.4, -0.2) is 31.6 Å². The number of nitrogens with zero attached hydrogens (tertiary/aromatic N) is 2. The zero-order chi connectivity index (χ0) is 21.6. The molecule has 2 heterocycles. The SMILES string of the molecule is O=C1N=c2cc(Cl)c(Br)cc2=C1c1[nH]c(=S)n(C(Cc2ccccc2)C(=O)O)c1O. The summed E-state index contributed by atoms with van der Waals surface area (Å²) in [5.41, 5.74) is 0.868. The van der Waals surface area contributed by atoms with E-state index in [-0.39, 0.29) is 22.5 Å². The van der Waals surface area contributed by atoms with Gasteiger partial charge in [0.25, 0.3) is 5.91 Å². The molecule has 3 N–H and O–H groups in total. The summed E-state index contributed by atoms with van der Waals surface area (Å²) in [6, 6.07) is 11.0. The van der Waals surface area contributed by atoms with E-state index >= 15 is 0 Å². The van der Waals surface area contributed by atoms with Crippen LogP contribution in [0.2, 0.25) is 5.02 Å². The number of carbonyl (C=O) groups excluding carboxylic acids is 1. The van der Waals surface area contributed by atoms with E-state index in [1.807, 2.05) is 6.07 Å². The molecule has 0 aliphatic carbocycles. The second-order valence-corrected chi connectivity index (χ2v) is 8.27. The number of carbonyl (C=O) groups is 2. The van der Waals surface area contributed by atoms with Crippen LogP contribution in [0.4, 0.5) is 0 Å². The number of amides is 1. The van der Waals surface area contributed by atoms with Crippen molar-refractivity contribution in [3.63, 3.8) is 0 Å². The molecule has 10 heteroatoms. The van der Waals surface area contributed by atoms with E-state index in [9.17, 15) is 19.8 Å². The average molecular weight is 507 g/mol. The van der Waals surface area contributed by atoms with Crippen LogP contribution in [0.3, 0.4) is 0 Å². The number of hydrogen-bond donors (Lipinski definition) is 3. The van der Waals surface area contributed by atoms with E-state index in [2.05, 4.69) is 25.9 Å². The number of aromatic amines is 1. The lowest BCUT2D eigenvalue weighted by Crippen LogP contribution is -2.24. The number of aromatic hydroxyl groups is 1. The van der Waals surface area contributed by atoms with E-state index in [1.54, 1.807) is 30.3 Å². The predicted molar refractivity (Wildman–Crippen MR) is 116 cm³/mol. The Kier molecular flexibility index (Phi) is 5.35. The number of carboxylic acids is 1. The van der Waals surface area contributed by atoms with Gasteiger partial charge in [0.2, 0.25) is 5.88 Å². The molecule has 1 unspecified atom stereocenters. The number of hydrogen-bond acceptors (Lipinski definition) is 4. The highest BCUT2D eigenvalue weighted by Gasteiger charge is 2.30. The Labute approximate surface area is 188 Å². The molecule has 1 atom stereocenters. The molecule has 4 rings (SSSR count). The monoisotopic (exact) mass is 505 g/mol. The van der Waals surface area contributed by atoms with E-state index in [0.717, 1.165) is 10.1 Å². The van der Waals surface area contributed by atoms with Crippen molar-refractivity contribution in [3.8, 4) is 5.88 Å². The van der Waals surface area contributed by atoms with Gasteiger partial charge in [0, 0.05) is 16.1 Å². The highest BCUT2D eigenvalue weighted by Crippen LogP contribution is 2.30. The summed E-state index contributed by atoms with van der Waals surface area (Å²) in [5.74, 6) is -2.20. The second kappa shape index (κ2) is 7.82. The smallest absolute Gasteiger partial charge is 0.327 e. The number of H-pyrrole nitrogens is 1. The average Bonchev–Trinajstić information content (AvgIpc) is 3.15. The van der Waals surface area contributed by atoms with Gasteiger partial charge in [-0.05, 0) is 45.8 Å². The first kappa shape index (κ1) is 20.5. The van der Waals surface area contributed by atoms with Crippen LogP contribution in [-0.2, 0) is 16.0 Å². The molecule has 1 aliphatic rings. The highest BCUT2D eigenvalue weighted by atomic mass is 79.9. The van der Waals surface area contributed by atoms with Gasteiger partial charge < -0.3 is 15.2 Å². The van der Waals surface area contributed by atoms with Crippen molar-refractivity contribution in [1.29, 1.82) is 0 Å². The van der Waals surface area contributed by atoms with Gasteiger partial charge in [0.1, 0.15) is 11.7 Å². The van der Waals surface area contributed by atoms with E-state index in [0.29, 0.717) is 20.1 Å². The zero-order valence-electron chi connectivity index (χ0n) is 15.1. The van der Waals surface area contributed by atoms with Crippen molar-refractivity contribution < 1.29 is 19.8 Å². The molecule has 30 heavy (non-hydrogen) atoms. The number of aliphatic carboxylic acids is 1. The Bertz CT molecular complexity index is 1380. The number of aromatic nitrogens is 2. The van der Waals surface area contributed by atoms with Gasteiger partial charge in [-0.15, -0.1) is 0 Å². The van der Waals surface area contributed by atoms with Crippen LogP contribution in [0, 0.1) is 4.77 Å². The molecule has 2 aromatic carbocycles. The molecule has 0 radical (unpaired) electrons. The van der Waals surface area contributed by atoms with E-state index in [1.165, 1.54) is 6.07 Å². The minimum absolute atomic E-state index is 0.0148. The molecule has 0 saturated carbocycles. The van der Waals surface area contributed by atoms with E-state index in [4.69, 9.17) is 23.8 Å². The van der Waals surface area contributed by atoms with Crippen LogP contribution >= 0.6 is 39.7 Å². The third-order valence-corrected chi connectivity index (χ3v) is 6.26. The molecule has 0 bridgehead atoms. The van der Waals surface area contributed by atoms with E-state index < -0.39 is 23.8 Å². The summed E-state index contributed by atoms with van der Waals surface area (Å²) in [5, 5.41) is 21.9. The Morgan fingerprint density at radius 1 is 1.30 bits per heavy atom. The first-order chi connectivity index (χ1) is 14.3. The molecule has 3 aromatic rings. The number of nitrogens with one attached hydrogen (secondary N) is 1. The quantitative estimate of drug-likeness (QED) is 0.461. The highest BCUT2D eigenvalue weighted by molar-refractivity contribution is 9.10. The first-order valence-corrected chi connectivity index (χ1v) is 10.3. The fraction of sp³-hybridized carbons (Fsp3) is 0.100. The van der Waals surface area contributed by atoms with Crippen LogP contribution in [0.25, 0.3) is 5.57 Å². The Balaban J connectivity index is 1.89. The molecule has 0 spiro atoms. The summed E-state index contributed by atoms with van der Waals surface area (Å²) in [6.07, 6.45) is 0.0979. The topological polar surface area (TPSA) is 108 Å². The minimum Gasteiger partial charge on any atom is -0.493 e. The second-order valence-electron chi connectivity index (χ2n) is 6.62. The van der Waals surface area contributed by atoms with Gasteiger partial charge in [-0.1, -0.05) is 41.9 Å². The summed E-state index contributed by atoms with van der Waals surface area (Å²) in [7, 11) is 0. The third kappa shape index (κ3) is 3.49. The largest absolute Gasteiger partial charge is 0.493 e. The predicted octanol–water partition coefficient (Wildman–Crippen LogP) is 2.89. The Morgan fingerprint density at radius 2 is 2.00 bits per heavy atom. The Hall–Kier alpha value is -2.75. The van der Waals surface area contributed by atoms with Gasteiger partial charge >= 0.3 is 5.97 Å². The van der Waals surface area contributed by atoms with Gasteiger partial charge in [-0.2, -0.15) is 0 Å². The van der Waals surface area contributed by atoms with Crippen molar-refractivity contribution >= 4 is 57.2 Å². The van der Waals surface area contributed by atoms with Crippen LogP contribution in [0.15, 0.2) is 51.9 Å². The zero-order valence-corrected chi connectivity index (χ0v) is 18.3.